The van der Waals surface area contributed by atoms with Crippen LogP contribution in [0.25, 0.3) is 11.4 Å². The Morgan fingerprint density at radius 2 is 1.92 bits per heavy atom. The summed E-state index contributed by atoms with van der Waals surface area (Å²) in [5, 5.41) is 2.82. The van der Waals surface area contributed by atoms with E-state index in [0.29, 0.717) is 23.6 Å². The van der Waals surface area contributed by atoms with E-state index in [0.717, 1.165) is 18.4 Å². The maximum Gasteiger partial charge on any atom is 0.255 e. The molecule has 0 aliphatic carbocycles. The van der Waals surface area contributed by atoms with Crippen LogP contribution in [0.1, 0.15) is 37.9 Å². The van der Waals surface area contributed by atoms with Crippen LogP contribution in [0.2, 0.25) is 0 Å². The van der Waals surface area contributed by atoms with E-state index in [1.807, 2.05) is 13.8 Å². The van der Waals surface area contributed by atoms with E-state index >= 15 is 0 Å². The maximum absolute atomic E-state index is 12.4. The Bertz CT molecular complexity index is 782. The topological polar surface area (TPSA) is 114 Å². The van der Waals surface area contributed by atoms with Crippen molar-refractivity contribution in [1.82, 2.24) is 20.3 Å². The van der Waals surface area contributed by atoms with Crippen molar-refractivity contribution in [3.8, 4) is 11.4 Å². The van der Waals surface area contributed by atoms with Gasteiger partial charge in [0.05, 0.1) is 6.42 Å². The van der Waals surface area contributed by atoms with E-state index in [1.54, 1.807) is 31.5 Å². The summed E-state index contributed by atoms with van der Waals surface area (Å²) in [6, 6.07) is 3.53. The molecule has 0 aromatic carbocycles. The van der Waals surface area contributed by atoms with Crippen LogP contribution in [0.3, 0.4) is 0 Å². The molecule has 134 valence electrons. The normalized spacial score (nSPS) is 11.4. The Morgan fingerprint density at radius 3 is 2.48 bits per heavy atom. The van der Waals surface area contributed by atoms with E-state index in [2.05, 4.69) is 20.3 Å². The molecule has 25 heavy (non-hydrogen) atoms. The highest BCUT2D eigenvalue weighted by atomic mass is 16.2. The number of nitrogens with one attached hydrogen (secondary N) is 2. The number of H-pyrrole nitrogens is 1. The molecule has 0 unspecified atom stereocenters. The van der Waals surface area contributed by atoms with Gasteiger partial charge in [-0.15, -0.1) is 0 Å². The maximum atomic E-state index is 12.4. The van der Waals surface area contributed by atoms with Gasteiger partial charge in [0.15, 0.2) is 0 Å². The largest absolute Gasteiger partial charge is 0.354 e. The fourth-order valence-electron chi connectivity index (χ4n) is 2.46. The van der Waals surface area contributed by atoms with Gasteiger partial charge in [0.25, 0.3) is 5.56 Å². The second-order valence-corrected chi connectivity index (χ2v) is 6.24. The Morgan fingerprint density at radius 1 is 1.28 bits per heavy atom. The van der Waals surface area contributed by atoms with E-state index in [9.17, 15) is 9.59 Å². The molecular weight excluding hydrogens is 318 g/mol. The van der Waals surface area contributed by atoms with Crippen molar-refractivity contribution in [3.63, 3.8) is 0 Å². The number of carbonyl (C=O) groups is 1. The van der Waals surface area contributed by atoms with Crippen molar-refractivity contribution in [3.05, 3.63) is 46.1 Å². The van der Waals surface area contributed by atoms with Crippen molar-refractivity contribution in [2.24, 2.45) is 5.73 Å². The number of amides is 1. The van der Waals surface area contributed by atoms with Crippen LogP contribution in [-0.4, -0.2) is 32.9 Å². The van der Waals surface area contributed by atoms with Crippen LogP contribution >= 0.6 is 0 Å². The smallest absolute Gasteiger partial charge is 0.255 e. The monoisotopic (exact) mass is 343 g/mol. The number of rotatable bonds is 7. The lowest BCUT2D eigenvalue weighted by Crippen LogP contribution is -2.49. The molecule has 0 atom stereocenters. The van der Waals surface area contributed by atoms with Crippen LogP contribution in [0.5, 0.6) is 0 Å². The first kappa shape index (κ1) is 18.8. The second kappa shape index (κ2) is 8.02. The van der Waals surface area contributed by atoms with Crippen LogP contribution < -0.4 is 16.6 Å². The number of hydrogen-bond acceptors (Lipinski definition) is 5. The lowest BCUT2D eigenvalue weighted by Gasteiger charge is -2.26. The number of hydrogen-bond donors (Lipinski definition) is 3. The molecule has 2 heterocycles. The highest BCUT2D eigenvalue weighted by Gasteiger charge is 2.21. The second-order valence-electron chi connectivity index (χ2n) is 6.24. The van der Waals surface area contributed by atoms with Gasteiger partial charge in [-0.3, -0.25) is 14.6 Å². The third kappa shape index (κ3) is 4.73. The fraction of sp³-hybridized carbons (Fsp3) is 0.444. The average Bonchev–Trinajstić information content (AvgIpc) is 2.63. The lowest BCUT2D eigenvalue weighted by atomic mass is 9.94. The molecular formula is C18H25N5O2. The molecule has 0 radical (unpaired) electrons. The molecule has 2 aromatic rings. The predicted molar refractivity (Wildman–Crippen MR) is 97.0 cm³/mol. The Hall–Kier alpha value is -2.54. The highest BCUT2D eigenvalue weighted by Crippen LogP contribution is 2.13. The van der Waals surface area contributed by atoms with Crippen LogP contribution in [0.4, 0.5) is 0 Å². The van der Waals surface area contributed by atoms with Crippen LogP contribution in [-0.2, 0) is 11.2 Å². The molecule has 7 heteroatoms. The van der Waals surface area contributed by atoms with Gasteiger partial charge in [-0.2, -0.15) is 0 Å². The summed E-state index contributed by atoms with van der Waals surface area (Å²) < 4.78 is 0. The first-order valence-electron chi connectivity index (χ1n) is 8.44. The third-order valence-electron chi connectivity index (χ3n) is 4.56. The number of nitrogens with zero attached hydrogens (tertiary/aromatic N) is 2. The minimum atomic E-state index is -0.416. The quantitative estimate of drug-likeness (QED) is 0.701. The minimum absolute atomic E-state index is 0.0195. The van der Waals surface area contributed by atoms with Gasteiger partial charge in [0.1, 0.15) is 5.82 Å². The van der Waals surface area contributed by atoms with Crippen molar-refractivity contribution in [1.29, 1.82) is 0 Å². The van der Waals surface area contributed by atoms with Crippen molar-refractivity contribution < 1.29 is 4.79 Å². The van der Waals surface area contributed by atoms with Gasteiger partial charge >= 0.3 is 0 Å². The average molecular weight is 343 g/mol. The zero-order valence-corrected chi connectivity index (χ0v) is 14.9. The SMILES string of the molecule is CCC(N)(CC)CNC(=O)Cc1c(C)nc(-c2ccncc2)[nH]c1=O. The number of aryl methyl sites for hydroxylation is 1. The summed E-state index contributed by atoms with van der Waals surface area (Å²) in [7, 11) is 0. The molecule has 0 saturated heterocycles. The number of carbonyl (C=O) groups excluding carboxylic acids is 1. The molecule has 0 fully saturated rings. The Balaban J connectivity index is 2.13. The number of aromatic amines is 1. The van der Waals surface area contributed by atoms with E-state index in [-0.39, 0.29) is 17.9 Å². The number of aromatic nitrogens is 3. The molecule has 4 N–H and O–H groups in total. The third-order valence-corrected chi connectivity index (χ3v) is 4.56. The van der Waals surface area contributed by atoms with Crippen LogP contribution in [0, 0.1) is 6.92 Å². The van der Waals surface area contributed by atoms with Gasteiger partial charge in [0.2, 0.25) is 5.91 Å². The van der Waals surface area contributed by atoms with Crippen molar-refractivity contribution >= 4 is 5.91 Å². The molecule has 0 spiro atoms. The van der Waals surface area contributed by atoms with Crippen LogP contribution in [0.15, 0.2) is 29.3 Å². The first-order chi connectivity index (χ1) is 11.9. The summed E-state index contributed by atoms with van der Waals surface area (Å²) >= 11 is 0. The molecule has 0 bridgehead atoms. The summed E-state index contributed by atoms with van der Waals surface area (Å²) in [5.41, 5.74) is 7.13. The highest BCUT2D eigenvalue weighted by molar-refractivity contribution is 5.78. The molecule has 2 aromatic heterocycles. The number of pyridine rings is 1. The standard InChI is InChI=1S/C18H25N5O2/c1-4-18(19,5-2)11-21-15(24)10-14-12(3)22-16(23-17(14)25)13-6-8-20-9-7-13/h6-9H,4-5,10-11,19H2,1-3H3,(H,21,24)(H,22,23,25). The Labute approximate surface area is 147 Å². The molecule has 0 aliphatic rings. The lowest BCUT2D eigenvalue weighted by molar-refractivity contribution is -0.120. The van der Waals surface area contributed by atoms with Gasteiger partial charge in [0, 0.05) is 41.3 Å². The fourth-order valence-corrected chi connectivity index (χ4v) is 2.46. The van der Waals surface area contributed by atoms with Crippen molar-refractivity contribution in [2.45, 2.75) is 45.6 Å². The molecule has 7 nitrogen and oxygen atoms in total. The Kier molecular flexibility index (Phi) is 6.03. The van der Waals surface area contributed by atoms with E-state index in [1.165, 1.54) is 0 Å². The number of nitrogens with two attached hydrogens (primary N) is 1. The van der Waals surface area contributed by atoms with Crippen molar-refractivity contribution in [2.75, 3.05) is 6.54 Å². The zero-order chi connectivity index (χ0) is 18.4. The van der Waals surface area contributed by atoms with E-state index < -0.39 is 5.54 Å². The van der Waals surface area contributed by atoms with Gasteiger partial charge in [-0.1, -0.05) is 13.8 Å². The van der Waals surface area contributed by atoms with Gasteiger partial charge in [-0.25, -0.2) is 4.98 Å². The van der Waals surface area contributed by atoms with E-state index in [4.69, 9.17) is 5.73 Å². The summed E-state index contributed by atoms with van der Waals surface area (Å²) in [4.78, 5) is 35.7. The molecule has 2 rings (SSSR count). The van der Waals surface area contributed by atoms with Gasteiger partial charge < -0.3 is 16.0 Å². The molecule has 0 aliphatic heterocycles. The predicted octanol–water partition coefficient (Wildman–Crippen LogP) is 1.32. The van der Waals surface area contributed by atoms with Gasteiger partial charge in [-0.05, 0) is 31.9 Å². The summed E-state index contributed by atoms with van der Waals surface area (Å²) in [6.45, 7) is 6.10. The summed E-state index contributed by atoms with van der Waals surface area (Å²) in [5.74, 6) is 0.232. The molecule has 0 saturated carbocycles. The molecule has 1 amide bonds. The first-order valence-corrected chi connectivity index (χ1v) is 8.44. The summed E-state index contributed by atoms with van der Waals surface area (Å²) in [6.07, 6.45) is 4.78. The zero-order valence-electron chi connectivity index (χ0n) is 14.9. The minimum Gasteiger partial charge on any atom is -0.354 e.